The van der Waals surface area contributed by atoms with Gasteiger partial charge >= 0.3 is 0 Å². The zero-order valence-corrected chi connectivity index (χ0v) is 13.8. The fraction of sp³-hybridized carbons (Fsp3) is 0.250. The highest BCUT2D eigenvalue weighted by Crippen LogP contribution is 2.30. The molecule has 2 aromatic rings. The van der Waals surface area contributed by atoms with Crippen molar-refractivity contribution in [3.05, 3.63) is 63.1 Å². The van der Waals surface area contributed by atoms with Gasteiger partial charge in [-0.05, 0) is 49.4 Å². The van der Waals surface area contributed by atoms with Gasteiger partial charge in [0.25, 0.3) is 0 Å². The Balaban J connectivity index is 2.28. The van der Waals surface area contributed by atoms with Crippen LogP contribution in [0.3, 0.4) is 0 Å². The van der Waals surface area contributed by atoms with E-state index in [1.165, 1.54) is 5.56 Å². The number of ether oxygens (including phenoxy) is 1. The number of hydrogen-bond acceptors (Lipinski definition) is 2. The standard InChI is InChI=1S/C16H17BrClNO/c1-19-15(9-11-3-5-12(17)6-4-11)14-10-13(18)7-8-16(14)20-2/h3-8,10,15,19H,9H2,1-2H3. The number of likely N-dealkylation sites (N-methyl/N-ethyl adjacent to an activating group) is 1. The summed E-state index contributed by atoms with van der Waals surface area (Å²) in [5.74, 6) is 0.853. The zero-order chi connectivity index (χ0) is 14.5. The average molecular weight is 355 g/mol. The van der Waals surface area contributed by atoms with Gasteiger partial charge in [-0.15, -0.1) is 0 Å². The van der Waals surface area contributed by atoms with Crippen molar-refractivity contribution in [2.24, 2.45) is 0 Å². The average Bonchev–Trinajstić information content (AvgIpc) is 2.46. The van der Waals surface area contributed by atoms with Crippen LogP contribution in [0.2, 0.25) is 5.02 Å². The molecule has 0 aliphatic carbocycles. The number of methoxy groups -OCH3 is 1. The van der Waals surface area contributed by atoms with Crippen LogP contribution in [-0.2, 0) is 6.42 Å². The lowest BCUT2D eigenvalue weighted by Gasteiger charge is -2.20. The molecule has 0 aromatic heterocycles. The van der Waals surface area contributed by atoms with Crippen molar-refractivity contribution < 1.29 is 4.74 Å². The molecular formula is C16H17BrClNO. The van der Waals surface area contributed by atoms with Crippen LogP contribution < -0.4 is 10.1 Å². The van der Waals surface area contributed by atoms with E-state index in [9.17, 15) is 0 Å². The van der Waals surface area contributed by atoms with Crippen molar-refractivity contribution in [2.45, 2.75) is 12.5 Å². The molecule has 0 bridgehead atoms. The highest BCUT2D eigenvalue weighted by molar-refractivity contribution is 9.10. The molecule has 0 saturated heterocycles. The zero-order valence-electron chi connectivity index (χ0n) is 11.5. The van der Waals surface area contributed by atoms with E-state index in [-0.39, 0.29) is 6.04 Å². The van der Waals surface area contributed by atoms with Crippen LogP contribution in [0.25, 0.3) is 0 Å². The van der Waals surface area contributed by atoms with E-state index in [0.29, 0.717) is 0 Å². The SMILES string of the molecule is CNC(Cc1ccc(Br)cc1)c1cc(Cl)ccc1OC. The predicted octanol–water partition coefficient (Wildman–Crippen LogP) is 4.61. The normalized spacial score (nSPS) is 12.2. The van der Waals surface area contributed by atoms with E-state index in [1.807, 2.05) is 25.2 Å². The number of benzene rings is 2. The van der Waals surface area contributed by atoms with Gasteiger partial charge in [-0.3, -0.25) is 0 Å². The molecule has 0 fully saturated rings. The van der Waals surface area contributed by atoms with E-state index in [2.05, 4.69) is 45.5 Å². The monoisotopic (exact) mass is 353 g/mol. The molecular weight excluding hydrogens is 338 g/mol. The van der Waals surface area contributed by atoms with Crippen LogP contribution in [0.4, 0.5) is 0 Å². The summed E-state index contributed by atoms with van der Waals surface area (Å²) in [7, 11) is 3.63. The van der Waals surface area contributed by atoms with E-state index in [4.69, 9.17) is 16.3 Å². The van der Waals surface area contributed by atoms with Gasteiger partial charge in [-0.1, -0.05) is 39.7 Å². The summed E-state index contributed by atoms with van der Waals surface area (Å²) in [6, 6.07) is 14.2. The number of halogens is 2. The van der Waals surface area contributed by atoms with Gasteiger partial charge in [0.2, 0.25) is 0 Å². The van der Waals surface area contributed by atoms with Crippen molar-refractivity contribution in [1.29, 1.82) is 0 Å². The van der Waals surface area contributed by atoms with Gasteiger partial charge in [-0.2, -0.15) is 0 Å². The van der Waals surface area contributed by atoms with Crippen LogP contribution >= 0.6 is 27.5 Å². The summed E-state index contributed by atoms with van der Waals surface area (Å²) in [6.45, 7) is 0. The van der Waals surface area contributed by atoms with Gasteiger partial charge < -0.3 is 10.1 Å². The summed E-state index contributed by atoms with van der Waals surface area (Å²) in [4.78, 5) is 0. The minimum Gasteiger partial charge on any atom is -0.496 e. The van der Waals surface area contributed by atoms with E-state index < -0.39 is 0 Å². The largest absolute Gasteiger partial charge is 0.496 e. The van der Waals surface area contributed by atoms with Gasteiger partial charge in [0.15, 0.2) is 0 Å². The van der Waals surface area contributed by atoms with Crippen LogP contribution in [0.1, 0.15) is 17.2 Å². The molecule has 0 aliphatic heterocycles. The maximum Gasteiger partial charge on any atom is 0.123 e. The predicted molar refractivity (Wildman–Crippen MR) is 87.7 cm³/mol. The highest BCUT2D eigenvalue weighted by Gasteiger charge is 2.15. The summed E-state index contributed by atoms with van der Waals surface area (Å²) < 4.78 is 6.52. The van der Waals surface area contributed by atoms with Gasteiger partial charge in [0, 0.05) is 21.1 Å². The molecule has 2 rings (SSSR count). The van der Waals surface area contributed by atoms with Crippen molar-refractivity contribution in [3.8, 4) is 5.75 Å². The van der Waals surface area contributed by atoms with Crippen molar-refractivity contribution in [2.75, 3.05) is 14.2 Å². The molecule has 0 heterocycles. The van der Waals surface area contributed by atoms with Crippen LogP contribution in [0.5, 0.6) is 5.75 Å². The third kappa shape index (κ3) is 3.75. The summed E-state index contributed by atoms with van der Waals surface area (Å²) in [6.07, 6.45) is 0.875. The van der Waals surface area contributed by atoms with Crippen molar-refractivity contribution in [1.82, 2.24) is 5.32 Å². The Kier molecular flexibility index (Phi) is 5.46. The smallest absolute Gasteiger partial charge is 0.123 e. The lowest BCUT2D eigenvalue weighted by Crippen LogP contribution is -2.19. The Morgan fingerprint density at radius 1 is 1.20 bits per heavy atom. The Morgan fingerprint density at radius 3 is 2.50 bits per heavy atom. The van der Waals surface area contributed by atoms with Crippen LogP contribution in [-0.4, -0.2) is 14.2 Å². The molecule has 1 unspecified atom stereocenters. The minimum atomic E-state index is 0.157. The van der Waals surface area contributed by atoms with Crippen LogP contribution in [0.15, 0.2) is 46.9 Å². The molecule has 0 amide bonds. The number of hydrogen-bond donors (Lipinski definition) is 1. The Morgan fingerprint density at radius 2 is 1.90 bits per heavy atom. The number of rotatable bonds is 5. The maximum atomic E-state index is 6.11. The third-order valence-corrected chi connectivity index (χ3v) is 4.03. The van der Waals surface area contributed by atoms with Gasteiger partial charge in [0.1, 0.15) is 5.75 Å². The van der Waals surface area contributed by atoms with Crippen LogP contribution in [0, 0.1) is 0 Å². The molecule has 0 spiro atoms. The fourth-order valence-electron chi connectivity index (χ4n) is 2.20. The molecule has 106 valence electrons. The molecule has 0 saturated carbocycles. The fourth-order valence-corrected chi connectivity index (χ4v) is 2.65. The first-order valence-corrected chi connectivity index (χ1v) is 7.56. The second-order valence-corrected chi connectivity index (χ2v) is 5.91. The van der Waals surface area contributed by atoms with E-state index in [1.54, 1.807) is 7.11 Å². The summed E-state index contributed by atoms with van der Waals surface area (Å²) in [5.41, 5.74) is 2.33. The van der Waals surface area contributed by atoms with E-state index >= 15 is 0 Å². The third-order valence-electron chi connectivity index (χ3n) is 3.27. The molecule has 4 heteroatoms. The van der Waals surface area contributed by atoms with Gasteiger partial charge in [0.05, 0.1) is 7.11 Å². The highest BCUT2D eigenvalue weighted by atomic mass is 79.9. The quantitative estimate of drug-likeness (QED) is 0.846. The number of nitrogens with one attached hydrogen (secondary N) is 1. The molecule has 2 aromatic carbocycles. The molecule has 0 radical (unpaired) electrons. The lowest BCUT2D eigenvalue weighted by molar-refractivity contribution is 0.401. The van der Waals surface area contributed by atoms with E-state index in [0.717, 1.165) is 27.2 Å². The van der Waals surface area contributed by atoms with Crippen molar-refractivity contribution in [3.63, 3.8) is 0 Å². The Hall–Kier alpha value is -1.03. The Labute approximate surface area is 133 Å². The molecule has 0 aliphatic rings. The second kappa shape index (κ2) is 7.11. The van der Waals surface area contributed by atoms with Gasteiger partial charge in [-0.25, -0.2) is 0 Å². The summed E-state index contributed by atoms with van der Waals surface area (Å²) in [5, 5.41) is 4.05. The first kappa shape index (κ1) is 15.4. The molecule has 1 atom stereocenters. The maximum absolute atomic E-state index is 6.11. The van der Waals surface area contributed by atoms with Crippen molar-refractivity contribution >= 4 is 27.5 Å². The minimum absolute atomic E-state index is 0.157. The lowest BCUT2D eigenvalue weighted by atomic mass is 9.98. The molecule has 2 nitrogen and oxygen atoms in total. The first-order chi connectivity index (χ1) is 9.63. The topological polar surface area (TPSA) is 21.3 Å². The molecule has 1 N–H and O–H groups in total. The molecule has 20 heavy (non-hydrogen) atoms. The first-order valence-electron chi connectivity index (χ1n) is 6.39. The summed E-state index contributed by atoms with van der Waals surface area (Å²) >= 11 is 9.56. The Bertz CT molecular complexity index is 571. The second-order valence-electron chi connectivity index (χ2n) is 4.56.